The summed E-state index contributed by atoms with van der Waals surface area (Å²) in [5.74, 6) is 3.69. The van der Waals surface area contributed by atoms with Crippen LogP contribution in [0.1, 0.15) is 6.92 Å². The van der Waals surface area contributed by atoms with Crippen molar-refractivity contribution in [1.29, 1.82) is 0 Å². The van der Waals surface area contributed by atoms with E-state index in [1.165, 1.54) is 11.5 Å². The van der Waals surface area contributed by atoms with Crippen LogP contribution in [0.3, 0.4) is 0 Å². The summed E-state index contributed by atoms with van der Waals surface area (Å²) in [6, 6.07) is 7.19. The van der Waals surface area contributed by atoms with E-state index in [2.05, 4.69) is 5.32 Å². The lowest BCUT2D eigenvalue weighted by atomic mass is 10.3. The Balaban J connectivity index is 2.07. The highest BCUT2D eigenvalue weighted by molar-refractivity contribution is 8.06. The number of nitrogens with one attached hydrogen (secondary N) is 1. The molecule has 1 N–H and O–H groups in total. The monoisotopic (exact) mass is 317 g/mol. The van der Waals surface area contributed by atoms with Crippen molar-refractivity contribution < 1.29 is 8.42 Å². The van der Waals surface area contributed by atoms with Crippen LogP contribution in [0.25, 0.3) is 0 Å². The minimum atomic E-state index is -3.16. The average Bonchev–Trinajstić information content (AvgIpc) is 2.46. The molecule has 6 heteroatoms. The third kappa shape index (κ3) is 4.07. The van der Waals surface area contributed by atoms with Crippen molar-refractivity contribution >= 4 is 39.0 Å². The van der Waals surface area contributed by atoms with Gasteiger partial charge in [0.25, 0.3) is 0 Å². The van der Waals surface area contributed by atoms with Crippen LogP contribution in [0.5, 0.6) is 0 Å². The van der Waals surface area contributed by atoms with Crippen molar-refractivity contribution in [2.75, 3.05) is 34.9 Å². The van der Waals surface area contributed by atoms with Crippen molar-refractivity contribution in [3.63, 3.8) is 0 Å². The molecule has 1 aromatic rings. The van der Waals surface area contributed by atoms with Crippen LogP contribution in [-0.2, 0) is 9.84 Å². The van der Waals surface area contributed by atoms with Gasteiger partial charge in [0.05, 0.1) is 16.3 Å². The van der Waals surface area contributed by atoms with E-state index < -0.39 is 9.84 Å². The average molecular weight is 318 g/mol. The molecule has 2 rings (SSSR count). The molecule has 0 radical (unpaired) electrons. The first-order chi connectivity index (χ1) is 9.13. The lowest BCUT2D eigenvalue weighted by Crippen LogP contribution is -2.24. The van der Waals surface area contributed by atoms with E-state index in [9.17, 15) is 8.42 Å². The summed E-state index contributed by atoms with van der Waals surface area (Å²) in [5, 5.41) is 3.88. The van der Waals surface area contributed by atoms with E-state index in [1.54, 1.807) is 19.1 Å². The van der Waals surface area contributed by atoms with Gasteiger partial charge in [-0.25, -0.2) is 8.42 Å². The fourth-order valence-electron chi connectivity index (χ4n) is 1.92. The van der Waals surface area contributed by atoms with E-state index in [4.69, 9.17) is 0 Å². The smallest absolute Gasteiger partial charge is 0.180 e. The molecule has 1 unspecified atom stereocenters. The number of para-hydroxylation sites is 1. The summed E-state index contributed by atoms with van der Waals surface area (Å²) in [5.41, 5.74) is 0.737. The van der Waals surface area contributed by atoms with Gasteiger partial charge < -0.3 is 5.32 Å². The van der Waals surface area contributed by atoms with Crippen molar-refractivity contribution in [2.45, 2.75) is 17.1 Å². The molecule has 0 saturated carbocycles. The second-order valence-electron chi connectivity index (χ2n) is 4.35. The quantitative estimate of drug-likeness (QED) is 0.905. The minimum Gasteiger partial charge on any atom is -0.383 e. The zero-order valence-electron chi connectivity index (χ0n) is 11.0. The van der Waals surface area contributed by atoms with Gasteiger partial charge in [0.2, 0.25) is 0 Å². The summed E-state index contributed by atoms with van der Waals surface area (Å²) < 4.78 is 24.0. The van der Waals surface area contributed by atoms with E-state index in [0.717, 1.165) is 18.0 Å². The van der Waals surface area contributed by atoms with Crippen LogP contribution >= 0.6 is 23.5 Å². The molecular weight excluding hydrogens is 298 g/mol. The van der Waals surface area contributed by atoms with Gasteiger partial charge >= 0.3 is 0 Å². The number of sulfone groups is 1. The van der Waals surface area contributed by atoms with Gasteiger partial charge in [-0.3, -0.25) is 0 Å². The Kier molecular flexibility index (Phi) is 5.47. The highest BCUT2D eigenvalue weighted by Gasteiger charge is 2.18. The number of anilines is 1. The SMILES string of the molecule is CCS(=O)(=O)c1ccccc1NCC1CSCCS1. The third-order valence-electron chi connectivity index (χ3n) is 3.01. The van der Waals surface area contributed by atoms with Gasteiger partial charge in [-0.15, -0.1) is 0 Å². The van der Waals surface area contributed by atoms with Crippen molar-refractivity contribution in [1.82, 2.24) is 0 Å². The molecule has 1 heterocycles. The molecule has 0 aromatic heterocycles. The minimum absolute atomic E-state index is 0.139. The van der Waals surface area contributed by atoms with E-state index >= 15 is 0 Å². The molecule has 0 aliphatic carbocycles. The van der Waals surface area contributed by atoms with Crippen molar-refractivity contribution in [2.24, 2.45) is 0 Å². The van der Waals surface area contributed by atoms with E-state index in [-0.39, 0.29) is 5.75 Å². The maximum absolute atomic E-state index is 12.0. The fraction of sp³-hybridized carbons (Fsp3) is 0.538. The Hall–Kier alpha value is -0.330. The van der Waals surface area contributed by atoms with Gasteiger partial charge in [0, 0.05) is 29.1 Å². The Morgan fingerprint density at radius 2 is 2.11 bits per heavy atom. The molecule has 19 heavy (non-hydrogen) atoms. The summed E-state index contributed by atoms with van der Waals surface area (Å²) in [6.45, 7) is 2.51. The first-order valence-electron chi connectivity index (χ1n) is 6.38. The molecule has 1 fully saturated rings. The summed E-state index contributed by atoms with van der Waals surface area (Å²) in [7, 11) is -3.16. The van der Waals surface area contributed by atoms with Gasteiger partial charge in [0.15, 0.2) is 9.84 Å². The van der Waals surface area contributed by atoms with Crippen LogP contribution in [0.15, 0.2) is 29.2 Å². The lowest BCUT2D eigenvalue weighted by molar-refractivity contribution is 0.597. The first-order valence-corrected chi connectivity index (χ1v) is 10.2. The molecule has 1 aliphatic heterocycles. The van der Waals surface area contributed by atoms with Gasteiger partial charge in [-0.2, -0.15) is 23.5 Å². The molecule has 3 nitrogen and oxygen atoms in total. The predicted molar refractivity (Wildman–Crippen MR) is 86.2 cm³/mol. The zero-order valence-corrected chi connectivity index (χ0v) is 13.4. The maximum atomic E-state index is 12.0. The second-order valence-corrected chi connectivity index (χ2v) is 9.15. The molecule has 1 aliphatic rings. The van der Waals surface area contributed by atoms with E-state index in [1.807, 2.05) is 35.7 Å². The van der Waals surface area contributed by atoms with Crippen LogP contribution in [0.4, 0.5) is 5.69 Å². The zero-order chi connectivity index (χ0) is 13.7. The normalized spacial score (nSPS) is 20.2. The number of hydrogen-bond donors (Lipinski definition) is 1. The Labute approximate surface area is 123 Å². The molecular formula is C13H19NO2S3. The van der Waals surface area contributed by atoms with Gasteiger partial charge in [-0.05, 0) is 12.1 Å². The predicted octanol–water partition coefficient (Wildman–Crippen LogP) is 2.74. The fourth-order valence-corrected chi connectivity index (χ4v) is 5.60. The molecule has 0 bridgehead atoms. The summed E-state index contributed by atoms with van der Waals surface area (Å²) in [4.78, 5) is 0.422. The number of thioether (sulfide) groups is 2. The molecule has 1 atom stereocenters. The summed E-state index contributed by atoms with van der Waals surface area (Å²) >= 11 is 3.94. The standard InChI is InChI=1S/C13H19NO2S3/c1-2-19(15,16)13-6-4-3-5-12(13)14-9-11-10-17-7-8-18-11/h3-6,11,14H,2,7-10H2,1H3. The van der Waals surface area contributed by atoms with Crippen LogP contribution < -0.4 is 5.32 Å². The van der Waals surface area contributed by atoms with Gasteiger partial charge in [0.1, 0.15) is 0 Å². The Morgan fingerprint density at radius 3 is 2.79 bits per heavy atom. The largest absolute Gasteiger partial charge is 0.383 e. The van der Waals surface area contributed by atoms with Crippen LogP contribution in [0.2, 0.25) is 0 Å². The highest BCUT2D eigenvalue weighted by atomic mass is 32.2. The molecule has 106 valence electrons. The van der Waals surface area contributed by atoms with Crippen LogP contribution in [-0.4, -0.2) is 43.2 Å². The lowest BCUT2D eigenvalue weighted by Gasteiger charge is -2.22. The second kappa shape index (κ2) is 6.90. The summed E-state index contributed by atoms with van der Waals surface area (Å²) in [6.07, 6.45) is 0. The third-order valence-corrected chi connectivity index (χ3v) is 7.64. The molecule has 1 saturated heterocycles. The number of hydrogen-bond acceptors (Lipinski definition) is 5. The number of rotatable bonds is 5. The van der Waals surface area contributed by atoms with Crippen LogP contribution in [0, 0.1) is 0 Å². The topological polar surface area (TPSA) is 46.2 Å². The van der Waals surface area contributed by atoms with Crippen molar-refractivity contribution in [3.8, 4) is 0 Å². The highest BCUT2D eigenvalue weighted by Crippen LogP contribution is 2.26. The Morgan fingerprint density at radius 1 is 1.32 bits per heavy atom. The number of benzene rings is 1. The first kappa shape index (κ1) is 15.1. The molecule has 1 aromatic carbocycles. The van der Waals surface area contributed by atoms with Gasteiger partial charge in [-0.1, -0.05) is 19.1 Å². The molecule has 0 spiro atoms. The molecule has 0 amide bonds. The van der Waals surface area contributed by atoms with E-state index in [0.29, 0.717) is 10.1 Å². The van der Waals surface area contributed by atoms with Crippen molar-refractivity contribution in [3.05, 3.63) is 24.3 Å². The Bertz CT molecular complexity index is 510. The maximum Gasteiger partial charge on any atom is 0.180 e.